The molecule has 0 radical (unpaired) electrons. The van der Waals surface area contributed by atoms with Crippen LogP contribution in [0.5, 0.6) is 0 Å². The van der Waals surface area contributed by atoms with Crippen LogP contribution in [0.1, 0.15) is 31.2 Å². The van der Waals surface area contributed by atoms with Crippen LogP contribution in [0.4, 0.5) is 0 Å². The zero-order valence-electron chi connectivity index (χ0n) is 11.0. The van der Waals surface area contributed by atoms with Gasteiger partial charge in [0.25, 0.3) is 0 Å². The van der Waals surface area contributed by atoms with E-state index in [1.54, 1.807) is 0 Å². The summed E-state index contributed by atoms with van der Waals surface area (Å²) in [6, 6.07) is 18.9. The van der Waals surface area contributed by atoms with Gasteiger partial charge in [0.05, 0.1) is 5.76 Å². The number of hydrogen-bond acceptors (Lipinski definition) is 1. The molecule has 0 fully saturated rings. The fourth-order valence-corrected chi connectivity index (χ4v) is 2.69. The van der Waals surface area contributed by atoms with Crippen molar-refractivity contribution in [2.75, 3.05) is 0 Å². The Morgan fingerprint density at radius 1 is 0.632 bits per heavy atom. The van der Waals surface area contributed by atoms with Crippen LogP contribution >= 0.6 is 0 Å². The van der Waals surface area contributed by atoms with Crippen molar-refractivity contribution in [1.82, 2.24) is 0 Å². The number of hydrogen-bond donors (Lipinski definition) is 1. The van der Waals surface area contributed by atoms with E-state index in [1.807, 2.05) is 6.07 Å². The Bertz CT molecular complexity index is 579. The van der Waals surface area contributed by atoms with E-state index in [0.717, 1.165) is 30.4 Å². The van der Waals surface area contributed by atoms with Gasteiger partial charge in [-0.05, 0) is 41.5 Å². The molecule has 0 atom stereocenters. The molecule has 0 spiro atoms. The fourth-order valence-electron chi connectivity index (χ4n) is 2.69. The lowest BCUT2D eigenvalue weighted by Gasteiger charge is -2.16. The molecule has 2 aromatic carbocycles. The van der Waals surface area contributed by atoms with E-state index >= 15 is 0 Å². The maximum atomic E-state index is 9.99. The van der Waals surface area contributed by atoms with Crippen LogP contribution in [0, 0.1) is 0 Å². The molecule has 1 N–H and O–H groups in total. The van der Waals surface area contributed by atoms with Crippen molar-refractivity contribution in [3.63, 3.8) is 0 Å². The summed E-state index contributed by atoms with van der Waals surface area (Å²) in [6.07, 6.45) is 4.11. The molecule has 0 aliphatic heterocycles. The average molecular weight is 250 g/mol. The van der Waals surface area contributed by atoms with Gasteiger partial charge >= 0.3 is 0 Å². The lowest BCUT2D eigenvalue weighted by molar-refractivity contribution is 0.374. The predicted molar refractivity (Wildman–Crippen MR) is 79.9 cm³/mol. The van der Waals surface area contributed by atoms with Gasteiger partial charge in [0.2, 0.25) is 0 Å². The van der Waals surface area contributed by atoms with Crippen molar-refractivity contribution in [3.8, 4) is 11.1 Å². The third-order valence-electron chi connectivity index (χ3n) is 3.78. The van der Waals surface area contributed by atoms with Gasteiger partial charge in [-0.15, -0.1) is 0 Å². The first-order valence-corrected chi connectivity index (χ1v) is 6.91. The second kappa shape index (κ2) is 5.31. The smallest absolute Gasteiger partial charge is 0.0960 e. The van der Waals surface area contributed by atoms with Crippen LogP contribution in [0.15, 0.2) is 60.4 Å². The molecule has 1 aliphatic rings. The molecule has 1 nitrogen and oxygen atoms in total. The third kappa shape index (κ3) is 2.55. The number of aliphatic hydroxyl groups excluding tert-OH is 1. The molecule has 0 saturated carbocycles. The predicted octanol–water partition coefficient (Wildman–Crippen LogP) is 5.20. The SMILES string of the molecule is OC1=C(c2ccc(-c3ccccc3)cc2)CCCC1. The molecule has 2 aromatic rings. The Hall–Kier alpha value is -2.02. The lowest BCUT2D eigenvalue weighted by Crippen LogP contribution is -1.98. The van der Waals surface area contributed by atoms with Gasteiger partial charge in [0.15, 0.2) is 0 Å². The summed E-state index contributed by atoms with van der Waals surface area (Å²) in [5.41, 5.74) is 4.75. The van der Waals surface area contributed by atoms with Gasteiger partial charge in [0, 0.05) is 6.42 Å². The Labute approximate surface area is 114 Å². The molecule has 0 saturated heterocycles. The van der Waals surface area contributed by atoms with Crippen molar-refractivity contribution in [1.29, 1.82) is 0 Å². The van der Waals surface area contributed by atoms with Gasteiger partial charge in [-0.2, -0.15) is 0 Å². The zero-order valence-corrected chi connectivity index (χ0v) is 11.0. The minimum absolute atomic E-state index is 0.582. The van der Waals surface area contributed by atoms with Crippen LogP contribution < -0.4 is 0 Å². The average Bonchev–Trinajstić information content (AvgIpc) is 2.49. The summed E-state index contributed by atoms with van der Waals surface area (Å²) in [4.78, 5) is 0. The molecule has 1 aliphatic carbocycles. The highest BCUT2D eigenvalue weighted by Crippen LogP contribution is 2.31. The van der Waals surface area contributed by atoms with Gasteiger partial charge < -0.3 is 5.11 Å². The minimum atomic E-state index is 0.582. The summed E-state index contributed by atoms with van der Waals surface area (Å²) < 4.78 is 0. The van der Waals surface area contributed by atoms with Crippen molar-refractivity contribution < 1.29 is 5.11 Å². The molecule has 0 amide bonds. The van der Waals surface area contributed by atoms with Crippen LogP contribution in [-0.4, -0.2) is 5.11 Å². The second-order valence-corrected chi connectivity index (χ2v) is 5.08. The Balaban J connectivity index is 1.91. The van der Waals surface area contributed by atoms with E-state index in [-0.39, 0.29) is 0 Å². The van der Waals surface area contributed by atoms with Crippen LogP contribution in [0.2, 0.25) is 0 Å². The van der Waals surface area contributed by atoms with E-state index in [0.29, 0.717) is 5.76 Å². The first-order chi connectivity index (χ1) is 9.34. The highest BCUT2D eigenvalue weighted by Gasteiger charge is 2.13. The van der Waals surface area contributed by atoms with Crippen molar-refractivity contribution in [2.45, 2.75) is 25.7 Å². The molecule has 3 rings (SSSR count). The maximum absolute atomic E-state index is 9.99. The first-order valence-electron chi connectivity index (χ1n) is 6.91. The standard InChI is InChI=1S/C18H18O/c19-18-9-5-4-8-17(18)16-12-10-15(11-13-16)14-6-2-1-3-7-14/h1-3,6-7,10-13,19H,4-5,8-9H2. The summed E-state index contributed by atoms with van der Waals surface area (Å²) in [5, 5.41) is 9.99. The molecule has 19 heavy (non-hydrogen) atoms. The molecule has 1 heteroatoms. The monoisotopic (exact) mass is 250 g/mol. The fraction of sp³-hybridized carbons (Fsp3) is 0.222. The van der Waals surface area contributed by atoms with E-state index in [1.165, 1.54) is 17.5 Å². The lowest BCUT2D eigenvalue weighted by atomic mass is 9.91. The van der Waals surface area contributed by atoms with Gasteiger partial charge in [0.1, 0.15) is 0 Å². The minimum Gasteiger partial charge on any atom is -0.512 e. The molecule has 0 aromatic heterocycles. The number of benzene rings is 2. The summed E-state index contributed by atoms with van der Waals surface area (Å²) >= 11 is 0. The van der Waals surface area contributed by atoms with Gasteiger partial charge in [-0.3, -0.25) is 0 Å². The highest BCUT2D eigenvalue weighted by molar-refractivity contribution is 5.71. The molecular weight excluding hydrogens is 232 g/mol. The number of allylic oxidation sites excluding steroid dienone is 2. The summed E-state index contributed by atoms with van der Waals surface area (Å²) in [6.45, 7) is 0. The van der Waals surface area contributed by atoms with E-state index in [9.17, 15) is 5.11 Å². The topological polar surface area (TPSA) is 20.2 Å². The Morgan fingerprint density at radius 2 is 1.21 bits per heavy atom. The third-order valence-corrected chi connectivity index (χ3v) is 3.78. The van der Waals surface area contributed by atoms with Crippen molar-refractivity contribution in [2.24, 2.45) is 0 Å². The number of aliphatic hydroxyl groups is 1. The molecule has 0 heterocycles. The van der Waals surface area contributed by atoms with Gasteiger partial charge in [-0.1, -0.05) is 54.6 Å². The van der Waals surface area contributed by atoms with E-state index in [4.69, 9.17) is 0 Å². The van der Waals surface area contributed by atoms with Crippen LogP contribution in [0.25, 0.3) is 16.7 Å². The quantitative estimate of drug-likeness (QED) is 0.777. The molecule has 96 valence electrons. The van der Waals surface area contributed by atoms with Crippen molar-refractivity contribution in [3.05, 3.63) is 65.9 Å². The highest BCUT2D eigenvalue weighted by atomic mass is 16.3. The molecule has 0 bridgehead atoms. The summed E-state index contributed by atoms with van der Waals surface area (Å²) in [7, 11) is 0. The van der Waals surface area contributed by atoms with Crippen LogP contribution in [0.3, 0.4) is 0 Å². The normalized spacial score (nSPS) is 15.6. The maximum Gasteiger partial charge on any atom is 0.0960 e. The second-order valence-electron chi connectivity index (χ2n) is 5.08. The summed E-state index contributed by atoms with van der Waals surface area (Å²) in [5.74, 6) is 0.582. The largest absolute Gasteiger partial charge is 0.512 e. The number of rotatable bonds is 2. The van der Waals surface area contributed by atoms with E-state index < -0.39 is 0 Å². The first kappa shape index (κ1) is 12.0. The molecule has 0 unspecified atom stereocenters. The van der Waals surface area contributed by atoms with Gasteiger partial charge in [-0.25, -0.2) is 0 Å². The van der Waals surface area contributed by atoms with Crippen LogP contribution in [-0.2, 0) is 0 Å². The molecular formula is C18H18O. The zero-order chi connectivity index (χ0) is 13.1. The van der Waals surface area contributed by atoms with Crippen molar-refractivity contribution >= 4 is 5.57 Å². The Morgan fingerprint density at radius 3 is 1.89 bits per heavy atom. The van der Waals surface area contributed by atoms with E-state index in [2.05, 4.69) is 48.5 Å². The Kier molecular flexibility index (Phi) is 3.37.